The Morgan fingerprint density at radius 1 is 0.786 bits per heavy atom. The largest absolute Gasteiger partial charge is 0.497 e. The van der Waals surface area contributed by atoms with Gasteiger partial charge in [-0.1, -0.05) is 59.7 Å². The predicted octanol–water partition coefficient (Wildman–Crippen LogP) is 4.42. The molecule has 1 N–H and O–H groups in total. The van der Waals surface area contributed by atoms with Crippen LogP contribution >= 0.6 is 0 Å². The van der Waals surface area contributed by atoms with Gasteiger partial charge < -0.3 is 4.74 Å². The smallest absolute Gasteiger partial charge is 0.240 e. The summed E-state index contributed by atoms with van der Waals surface area (Å²) >= 11 is 0. The monoisotopic (exact) mass is 395 g/mol. The summed E-state index contributed by atoms with van der Waals surface area (Å²) in [5, 5.41) is 0. The number of aryl methyl sites for hydroxylation is 2. The summed E-state index contributed by atoms with van der Waals surface area (Å²) in [5.74, 6) is 0.665. The van der Waals surface area contributed by atoms with Crippen molar-refractivity contribution in [1.29, 1.82) is 0 Å². The topological polar surface area (TPSA) is 55.4 Å². The number of sulfonamides is 1. The molecule has 0 spiro atoms. The number of ether oxygens (including phenoxy) is 1. The van der Waals surface area contributed by atoms with Crippen molar-refractivity contribution < 1.29 is 13.2 Å². The van der Waals surface area contributed by atoms with E-state index in [1.165, 1.54) is 0 Å². The molecule has 4 nitrogen and oxygen atoms in total. The molecule has 0 heterocycles. The molecule has 3 aromatic carbocycles. The number of nitrogens with one attached hydrogen (secondary N) is 1. The molecular weight excluding hydrogens is 370 g/mol. The molecule has 0 radical (unpaired) electrons. The minimum absolute atomic E-state index is 0.105. The minimum atomic E-state index is -3.58. The molecule has 0 aromatic heterocycles. The van der Waals surface area contributed by atoms with Crippen LogP contribution in [0.1, 0.15) is 28.2 Å². The van der Waals surface area contributed by atoms with Crippen LogP contribution in [-0.4, -0.2) is 22.1 Å². The van der Waals surface area contributed by atoms with Crippen molar-refractivity contribution in [3.8, 4) is 5.75 Å². The van der Waals surface area contributed by atoms with Crippen molar-refractivity contribution in [3.63, 3.8) is 0 Å². The van der Waals surface area contributed by atoms with Crippen LogP contribution in [0, 0.1) is 13.8 Å². The first-order valence-electron chi connectivity index (χ1n) is 9.16. The van der Waals surface area contributed by atoms with Crippen LogP contribution in [0.4, 0.5) is 0 Å². The summed E-state index contributed by atoms with van der Waals surface area (Å²) < 4.78 is 33.5. The molecule has 0 aliphatic carbocycles. The third kappa shape index (κ3) is 4.80. The van der Waals surface area contributed by atoms with E-state index in [2.05, 4.69) is 4.72 Å². The Morgan fingerprint density at radius 2 is 1.25 bits per heavy atom. The van der Waals surface area contributed by atoms with Gasteiger partial charge in [0.25, 0.3) is 0 Å². The van der Waals surface area contributed by atoms with Crippen LogP contribution in [0.5, 0.6) is 5.75 Å². The number of hydrogen-bond acceptors (Lipinski definition) is 3. The maximum Gasteiger partial charge on any atom is 0.240 e. The Balaban J connectivity index is 1.88. The van der Waals surface area contributed by atoms with Gasteiger partial charge in [-0.2, -0.15) is 0 Å². The lowest BCUT2D eigenvalue weighted by Crippen LogP contribution is -2.29. The summed E-state index contributed by atoms with van der Waals surface area (Å²) in [4.78, 5) is 0.274. The van der Waals surface area contributed by atoms with E-state index in [1.807, 2.05) is 62.4 Å². The van der Waals surface area contributed by atoms with Gasteiger partial charge in [0.05, 0.1) is 12.0 Å². The van der Waals surface area contributed by atoms with Gasteiger partial charge >= 0.3 is 0 Å². The van der Waals surface area contributed by atoms with Gasteiger partial charge in [0, 0.05) is 12.5 Å². The molecule has 0 amide bonds. The van der Waals surface area contributed by atoms with Gasteiger partial charge in [-0.3, -0.25) is 0 Å². The highest BCUT2D eigenvalue weighted by Crippen LogP contribution is 2.27. The molecule has 3 rings (SSSR count). The quantitative estimate of drug-likeness (QED) is 0.644. The van der Waals surface area contributed by atoms with E-state index in [0.29, 0.717) is 0 Å². The number of methoxy groups -OCH3 is 1. The second-order valence-electron chi connectivity index (χ2n) is 6.90. The van der Waals surface area contributed by atoms with E-state index in [0.717, 1.165) is 28.0 Å². The van der Waals surface area contributed by atoms with Crippen molar-refractivity contribution in [2.24, 2.45) is 0 Å². The van der Waals surface area contributed by atoms with Crippen LogP contribution in [0.25, 0.3) is 0 Å². The Hall–Kier alpha value is -2.63. The van der Waals surface area contributed by atoms with Crippen molar-refractivity contribution in [3.05, 3.63) is 95.1 Å². The fourth-order valence-corrected chi connectivity index (χ4v) is 4.10. The molecule has 1 atom stereocenters. The molecule has 0 saturated heterocycles. The molecular formula is C23H25NO3S. The highest BCUT2D eigenvalue weighted by Gasteiger charge is 2.20. The van der Waals surface area contributed by atoms with Crippen molar-refractivity contribution in [2.75, 3.05) is 13.7 Å². The van der Waals surface area contributed by atoms with Crippen LogP contribution in [0.3, 0.4) is 0 Å². The highest BCUT2D eigenvalue weighted by molar-refractivity contribution is 7.89. The maximum atomic E-state index is 12.7. The number of hydrogen-bond donors (Lipinski definition) is 1. The van der Waals surface area contributed by atoms with E-state index in [1.54, 1.807) is 31.4 Å². The summed E-state index contributed by atoms with van der Waals surface area (Å²) in [6.45, 7) is 4.23. The zero-order chi connectivity index (χ0) is 20.1. The minimum Gasteiger partial charge on any atom is -0.497 e. The molecule has 28 heavy (non-hydrogen) atoms. The zero-order valence-electron chi connectivity index (χ0n) is 16.3. The molecule has 146 valence electrons. The number of benzene rings is 3. The average Bonchev–Trinajstić information content (AvgIpc) is 2.70. The van der Waals surface area contributed by atoms with Crippen LogP contribution in [0.2, 0.25) is 0 Å². The van der Waals surface area contributed by atoms with Crippen molar-refractivity contribution >= 4 is 10.0 Å². The molecule has 3 aromatic rings. The summed E-state index contributed by atoms with van der Waals surface area (Å²) in [5.41, 5.74) is 4.27. The van der Waals surface area contributed by atoms with E-state index >= 15 is 0 Å². The summed E-state index contributed by atoms with van der Waals surface area (Å²) in [6.07, 6.45) is 0. The van der Waals surface area contributed by atoms with Crippen molar-refractivity contribution in [1.82, 2.24) is 4.72 Å². The lowest BCUT2D eigenvalue weighted by molar-refractivity contribution is 0.414. The lowest BCUT2D eigenvalue weighted by atomic mass is 9.91. The molecule has 0 fully saturated rings. The van der Waals surface area contributed by atoms with Crippen LogP contribution < -0.4 is 9.46 Å². The van der Waals surface area contributed by atoms with Gasteiger partial charge in [-0.15, -0.1) is 0 Å². The van der Waals surface area contributed by atoms with Gasteiger partial charge in [0.1, 0.15) is 5.75 Å². The average molecular weight is 396 g/mol. The fourth-order valence-electron chi connectivity index (χ4n) is 3.06. The Labute approximate surface area is 167 Å². The second kappa shape index (κ2) is 8.59. The number of rotatable bonds is 7. The lowest BCUT2D eigenvalue weighted by Gasteiger charge is -2.19. The van der Waals surface area contributed by atoms with Crippen LogP contribution in [-0.2, 0) is 10.0 Å². The van der Waals surface area contributed by atoms with Gasteiger partial charge in [-0.05, 0) is 49.2 Å². The molecule has 1 unspecified atom stereocenters. The third-order valence-corrected chi connectivity index (χ3v) is 6.25. The van der Waals surface area contributed by atoms with Gasteiger partial charge in [0.15, 0.2) is 0 Å². The highest BCUT2D eigenvalue weighted by atomic mass is 32.2. The Bertz CT molecular complexity index is 1010. The Kier molecular flexibility index (Phi) is 6.17. The van der Waals surface area contributed by atoms with E-state index < -0.39 is 10.0 Å². The SMILES string of the molecule is COc1ccc(C(CNS(=O)(=O)c2ccc(C)cc2)c2ccc(C)cc2)cc1. The first-order valence-corrected chi connectivity index (χ1v) is 10.6. The Morgan fingerprint density at radius 3 is 1.75 bits per heavy atom. The molecule has 0 aliphatic heterocycles. The van der Waals surface area contributed by atoms with E-state index in [-0.39, 0.29) is 17.4 Å². The van der Waals surface area contributed by atoms with Gasteiger partial charge in [-0.25, -0.2) is 13.1 Å². The second-order valence-corrected chi connectivity index (χ2v) is 8.67. The standard InChI is InChI=1S/C23H25NO3S/c1-17-4-8-19(9-5-17)23(20-10-12-21(27-3)13-11-20)16-24-28(25,26)22-14-6-18(2)7-15-22/h4-15,23-24H,16H2,1-3H3. The first kappa shape index (κ1) is 20.1. The molecule has 5 heteroatoms. The van der Waals surface area contributed by atoms with Crippen LogP contribution in [0.15, 0.2) is 77.7 Å². The van der Waals surface area contributed by atoms with E-state index in [4.69, 9.17) is 4.74 Å². The molecule has 0 aliphatic rings. The summed E-state index contributed by atoms with van der Waals surface area (Å²) in [6, 6.07) is 22.8. The molecule has 0 saturated carbocycles. The zero-order valence-corrected chi connectivity index (χ0v) is 17.2. The normalized spacial score (nSPS) is 12.5. The predicted molar refractivity (Wildman–Crippen MR) is 112 cm³/mol. The molecule has 0 bridgehead atoms. The maximum absolute atomic E-state index is 12.7. The first-order chi connectivity index (χ1) is 13.4. The van der Waals surface area contributed by atoms with Gasteiger partial charge in [0.2, 0.25) is 10.0 Å². The fraction of sp³-hybridized carbons (Fsp3) is 0.217. The summed E-state index contributed by atoms with van der Waals surface area (Å²) in [7, 11) is -1.96. The van der Waals surface area contributed by atoms with Crippen molar-refractivity contribution in [2.45, 2.75) is 24.7 Å². The third-order valence-electron chi connectivity index (χ3n) is 4.81. The van der Waals surface area contributed by atoms with E-state index in [9.17, 15) is 8.42 Å².